The Morgan fingerprint density at radius 3 is 1.07 bits per heavy atom. The summed E-state index contributed by atoms with van der Waals surface area (Å²) in [4.78, 5) is 24.6. The van der Waals surface area contributed by atoms with E-state index in [1.54, 1.807) is 0 Å². The van der Waals surface area contributed by atoms with Gasteiger partial charge in [-0.25, -0.2) is 0 Å². The zero-order valence-electron chi connectivity index (χ0n) is 49.1. The van der Waals surface area contributed by atoms with Gasteiger partial charge in [0.1, 0.15) is 0 Å². The molecule has 6 nitrogen and oxygen atoms in total. The summed E-state index contributed by atoms with van der Waals surface area (Å²) in [5.74, 6) is -0.0419. The number of hydrogen-bond donors (Lipinski definition) is 3. The Morgan fingerprint density at radius 1 is 0.384 bits per heavy atom. The lowest BCUT2D eigenvalue weighted by Crippen LogP contribution is -2.45. The maximum Gasteiger partial charge on any atom is 0.305 e. The molecule has 6 heteroatoms. The van der Waals surface area contributed by atoms with Gasteiger partial charge in [-0.05, 0) is 83.5 Å². The fourth-order valence-electron chi connectivity index (χ4n) is 10.1. The number of aliphatic hydroxyl groups is 2. The molecule has 0 aromatic heterocycles. The average Bonchev–Trinajstić information content (AvgIpc) is 3.39. The third-order valence-corrected chi connectivity index (χ3v) is 15.2. The minimum Gasteiger partial charge on any atom is -0.466 e. The van der Waals surface area contributed by atoms with Crippen LogP contribution in [0.2, 0.25) is 0 Å². The second kappa shape index (κ2) is 62.6. The Hall–Kier alpha value is -1.92. The summed E-state index contributed by atoms with van der Waals surface area (Å²) in [6.07, 6.45) is 78.7. The van der Waals surface area contributed by atoms with Crippen molar-refractivity contribution in [3.05, 3.63) is 36.5 Å². The van der Waals surface area contributed by atoms with Gasteiger partial charge in [0.05, 0.1) is 25.4 Å². The van der Waals surface area contributed by atoms with Crippen LogP contribution < -0.4 is 5.32 Å². The van der Waals surface area contributed by atoms with E-state index in [2.05, 4.69) is 55.6 Å². The van der Waals surface area contributed by atoms with Gasteiger partial charge in [-0.3, -0.25) is 9.59 Å². The highest BCUT2D eigenvalue weighted by molar-refractivity contribution is 5.76. The van der Waals surface area contributed by atoms with Crippen molar-refractivity contribution in [2.24, 2.45) is 0 Å². The quantitative estimate of drug-likeness (QED) is 0.0320. The smallest absolute Gasteiger partial charge is 0.305 e. The molecule has 2 unspecified atom stereocenters. The van der Waals surface area contributed by atoms with Crippen molar-refractivity contribution in [1.29, 1.82) is 0 Å². The summed E-state index contributed by atoms with van der Waals surface area (Å²) >= 11 is 0. The van der Waals surface area contributed by atoms with Crippen LogP contribution in [0.5, 0.6) is 0 Å². The molecule has 430 valence electrons. The highest BCUT2D eigenvalue weighted by Crippen LogP contribution is 2.18. The molecule has 0 radical (unpaired) electrons. The summed E-state index contributed by atoms with van der Waals surface area (Å²) in [5, 5.41) is 23.3. The van der Waals surface area contributed by atoms with Gasteiger partial charge in [-0.15, -0.1) is 0 Å². The van der Waals surface area contributed by atoms with Crippen LogP contribution in [0.3, 0.4) is 0 Å². The van der Waals surface area contributed by atoms with Crippen molar-refractivity contribution in [1.82, 2.24) is 5.32 Å². The first-order chi connectivity index (χ1) is 36.0. The monoisotopic (exact) mass is 1030 g/mol. The lowest BCUT2D eigenvalue weighted by atomic mass is 10.0. The van der Waals surface area contributed by atoms with E-state index in [0.29, 0.717) is 25.9 Å². The SMILES string of the molecule is CCCCCC/C=C\C/C=C\CCCCCCCCCC(=O)OCCCCCCCCCCC/C=C\CCCCCCCCCC(=O)NC(CO)C(O)CCCCCCCCCCCCCCCCCCCC. The number of amides is 1. The number of aliphatic hydroxyl groups excluding tert-OH is 2. The highest BCUT2D eigenvalue weighted by Gasteiger charge is 2.20. The molecule has 0 aromatic carbocycles. The number of ether oxygens (including phenoxy) is 1. The number of hydrogen-bond acceptors (Lipinski definition) is 5. The van der Waals surface area contributed by atoms with Crippen molar-refractivity contribution in [2.45, 2.75) is 366 Å². The molecule has 0 bridgehead atoms. The number of carbonyl (C=O) groups is 2. The van der Waals surface area contributed by atoms with E-state index in [4.69, 9.17) is 4.74 Å². The molecule has 0 heterocycles. The van der Waals surface area contributed by atoms with Crippen molar-refractivity contribution in [2.75, 3.05) is 13.2 Å². The van der Waals surface area contributed by atoms with Crippen LogP contribution >= 0.6 is 0 Å². The molecule has 0 aromatic rings. The number of nitrogens with one attached hydrogen (secondary N) is 1. The Morgan fingerprint density at radius 2 is 0.685 bits per heavy atom. The summed E-state index contributed by atoms with van der Waals surface area (Å²) < 4.78 is 5.49. The van der Waals surface area contributed by atoms with E-state index in [-0.39, 0.29) is 18.5 Å². The molecule has 0 rings (SSSR count). The Kier molecular flexibility index (Phi) is 61.0. The number of unbranched alkanes of at least 4 members (excludes halogenated alkanes) is 44. The zero-order chi connectivity index (χ0) is 52.9. The molecule has 0 aliphatic rings. The molecular weight excluding hydrogens is 899 g/mol. The van der Waals surface area contributed by atoms with E-state index in [1.807, 2.05) is 0 Å². The second-order valence-corrected chi connectivity index (χ2v) is 22.4. The number of allylic oxidation sites excluding steroid dienone is 6. The van der Waals surface area contributed by atoms with Crippen LogP contribution in [0.4, 0.5) is 0 Å². The van der Waals surface area contributed by atoms with Crippen molar-refractivity contribution in [3.8, 4) is 0 Å². The van der Waals surface area contributed by atoms with Gasteiger partial charge in [-0.1, -0.05) is 294 Å². The van der Waals surface area contributed by atoms with Gasteiger partial charge in [-0.2, -0.15) is 0 Å². The number of rotatable bonds is 61. The van der Waals surface area contributed by atoms with Crippen LogP contribution in [0.25, 0.3) is 0 Å². The highest BCUT2D eigenvalue weighted by atomic mass is 16.5. The van der Waals surface area contributed by atoms with Crippen molar-refractivity contribution >= 4 is 11.9 Å². The Balaban J connectivity index is 3.43. The summed E-state index contributed by atoms with van der Waals surface area (Å²) in [5.41, 5.74) is 0. The molecule has 73 heavy (non-hydrogen) atoms. The lowest BCUT2D eigenvalue weighted by Gasteiger charge is -2.22. The second-order valence-electron chi connectivity index (χ2n) is 22.4. The van der Waals surface area contributed by atoms with E-state index < -0.39 is 12.1 Å². The third kappa shape index (κ3) is 59.2. The molecule has 0 spiro atoms. The topological polar surface area (TPSA) is 95.9 Å². The first kappa shape index (κ1) is 71.1. The van der Waals surface area contributed by atoms with Crippen LogP contribution in [-0.2, 0) is 14.3 Å². The largest absolute Gasteiger partial charge is 0.466 e. The lowest BCUT2D eigenvalue weighted by molar-refractivity contribution is -0.143. The number of esters is 1. The zero-order valence-corrected chi connectivity index (χ0v) is 49.1. The molecule has 0 aliphatic heterocycles. The fourth-order valence-corrected chi connectivity index (χ4v) is 10.1. The molecule has 2 atom stereocenters. The average molecular weight is 1030 g/mol. The number of carbonyl (C=O) groups excluding carboxylic acids is 2. The Labute approximate surface area is 455 Å². The first-order valence-electron chi connectivity index (χ1n) is 32.7. The minimum atomic E-state index is -0.671. The standard InChI is InChI=1S/C67H127NO5/c1-3-5-7-9-11-13-15-17-19-21-27-31-35-39-43-47-51-55-59-65(70)64(63-69)68-66(71)60-56-52-48-44-40-36-32-28-25-23-24-26-30-34-38-42-46-50-54-58-62-73-67(72)61-57-53-49-45-41-37-33-29-22-20-18-16-14-12-10-8-6-4-2/h14,16,20,22-23,25,64-65,69-70H,3-13,15,17-19,21,24,26-63H2,1-2H3,(H,68,71)/b16-14-,22-20-,25-23-. The van der Waals surface area contributed by atoms with Gasteiger partial charge in [0, 0.05) is 12.8 Å². The Bertz CT molecular complexity index is 1180. The van der Waals surface area contributed by atoms with E-state index in [9.17, 15) is 19.8 Å². The predicted octanol–water partition coefficient (Wildman–Crippen LogP) is 20.8. The van der Waals surface area contributed by atoms with Crippen molar-refractivity contribution in [3.63, 3.8) is 0 Å². The van der Waals surface area contributed by atoms with Gasteiger partial charge in [0.25, 0.3) is 0 Å². The van der Waals surface area contributed by atoms with Gasteiger partial charge in [0.15, 0.2) is 0 Å². The predicted molar refractivity (Wildman–Crippen MR) is 319 cm³/mol. The van der Waals surface area contributed by atoms with Crippen LogP contribution in [0, 0.1) is 0 Å². The minimum absolute atomic E-state index is 0.000664. The van der Waals surface area contributed by atoms with Gasteiger partial charge in [0.2, 0.25) is 5.91 Å². The van der Waals surface area contributed by atoms with E-state index in [1.165, 1.54) is 270 Å². The molecule has 0 aliphatic carbocycles. The van der Waals surface area contributed by atoms with E-state index in [0.717, 1.165) is 51.4 Å². The van der Waals surface area contributed by atoms with Crippen molar-refractivity contribution < 1.29 is 24.5 Å². The fraction of sp³-hybridized carbons (Fsp3) is 0.881. The van der Waals surface area contributed by atoms with Crippen LogP contribution in [0.15, 0.2) is 36.5 Å². The summed E-state index contributed by atoms with van der Waals surface area (Å²) in [6, 6.07) is -0.549. The first-order valence-corrected chi connectivity index (χ1v) is 32.7. The summed E-state index contributed by atoms with van der Waals surface area (Å²) in [7, 11) is 0. The molecule has 0 fully saturated rings. The van der Waals surface area contributed by atoms with Crippen LogP contribution in [-0.4, -0.2) is 47.4 Å². The maximum absolute atomic E-state index is 12.5. The molecule has 0 saturated carbocycles. The van der Waals surface area contributed by atoms with E-state index >= 15 is 0 Å². The van der Waals surface area contributed by atoms with Gasteiger partial charge >= 0.3 is 5.97 Å². The maximum atomic E-state index is 12.5. The molecule has 1 amide bonds. The van der Waals surface area contributed by atoms with Gasteiger partial charge < -0.3 is 20.3 Å². The molecule has 0 saturated heterocycles. The summed E-state index contributed by atoms with van der Waals surface area (Å²) in [6.45, 7) is 4.95. The van der Waals surface area contributed by atoms with Crippen LogP contribution in [0.1, 0.15) is 354 Å². The molecule has 3 N–H and O–H groups in total. The molecular formula is C67H127NO5. The third-order valence-electron chi connectivity index (χ3n) is 15.2. The normalized spacial score (nSPS) is 12.8.